The number of benzene rings is 8. The number of rotatable bonds is 4. The van der Waals surface area contributed by atoms with E-state index >= 15 is 0 Å². The van der Waals surface area contributed by atoms with E-state index in [1.165, 1.54) is 110 Å². The molecular formula is C54H40N2. The van der Waals surface area contributed by atoms with Crippen LogP contribution >= 0.6 is 0 Å². The average molecular weight is 717 g/mol. The van der Waals surface area contributed by atoms with E-state index in [-0.39, 0.29) is 0 Å². The molecule has 2 unspecified atom stereocenters. The molecule has 2 heteroatoms. The summed E-state index contributed by atoms with van der Waals surface area (Å²) in [7, 11) is 0. The van der Waals surface area contributed by atoms with Gasteiger partial charge in [-0.25, -0.2) is 0 Å². The normalized spacial score (nSPS) is 16.7. The van der Waals surface area contributed by atoms with Crippen LogP contribution in [0.15, 0.2) is 169 Å². The molecule has 12 rings (SSSR count). The summed E-state index contributed by atoms with van der Waals surface area (Å²) in [6, 6.07) is 60.9. The Kier molecular flexibility index (Phi) is 6.75. The highest BCUT2D eigenvalue weighted by Crippen LogP contribution is 2.46. The zero-order valence-corrected chi connectivity index (χ0v) is 31.6. The van der Waals surface area contributed by atoms with Crippen molar-refractivity contribution < 1.29 is 0 Å². The zero-order chi connectivity index (χ0) is 37.1. The Balaban J connectivity index is 1.08. The van der Waals surface area contributed by atoms with Crippen molar-refractivity contribution in [2.45, 2.75) is 32.6 Å². The van der Waals surface area contributed by atoms with Crippen LogP contribution in [0.25, 0.3) is 88.4 Å². The molecule has 8 aromatic carbocycles. The molecule has 0 fully saturated rings. The number of hydrogen-bond donors (Lipinski definition) is 0. The first-order valence-electron chi connectivity index (χ1n) is 20.1. The zero-order valence-electron chi connectivity index (χ0n) is 31.6. The topological polar surface area (TPSA) is 9.86 Å². The Hall–Kier alpha value is -6.64. The van der Waals surface area contributed by atoms with Crippen LogP contribution in [0.2, 0.25) is 0 Å². The van der Waals surface area contributed by atoms with E-state index < -0.39 is 0 Å². The molecular weight excluding hydrogens is 677 g/mol. The van der Waals surface area contributed by atoms with Crippen molar-refractivity contribution in [1.82, 2.24) is 9.13 Å². The van der Waals surface area contributed by atoms with Crippen LogP contribution in [0.4, 0.5) is 0 Å². The summed E-state index contributed by atoms with van der Waals surface area (Å²) < 4.78 is 4.90. The van der Waals surface area contributed by atoms with Gasteiger partial charge in [-0.1, -0.05) is 129 Å². The van der Waals surface area contributed by atoms with Gasteiger partial charge in [0.1, 0.15) is 0 Å². The molecule has 0 bridgehead atoms. The minimum absolute atomic E-state index is 0.399. The maximum Gasteiger partial charge on any atom is 0.0541 e. The first-order valence-corrected chi connectivity index (χ1v) is 20.1. The maximum atomic E-state index is 2.56. The molecule has 0 saturated carbocycles. The third-order valence-corrected chi connectivity index (χ3v) is 13.0. The van der Waals surface area contributed by atoms with E-state index in [2.05, 4.69) is 193 Å². The molecule has 0 amide bonds. The summed E-state index contributed by atoms with van der Waals surface area (Å²) in [6.45, 7) is 4.88. The van der Waals surface area contributed by atoms with Crippen molar-refractivity contribution in [2.75, 3.05) is 0 Å². The monoisotopic (exact) mass is 716 g/mol. The van der Waals surface area contributed by atoms with Gasteiger partial charge in [-0.05, 0) is 134 Å². The summed E-state index contributed by atoms with van der Waals surface area (Å²) in [5.74, 6) is 0.826. The lowest BCUT2D eigenvalue weighted by Gasteiger charge is -2.30. The maximum absolute atomic E-state index is 2.56. The summed E-state index contributed by atoms with van der Waals surface area (Å²) in [4.78, 5) is 0. The van der Waals surface area contributed by atoms with Crippen LogP contribution in [0, 0.1) is 5.92 Å². The van der Waals surface area contributed by atoms with Crippen LogP contribution in [-0.4, -0.2) is 9.13 Å². The standard InChI is InChI=1S/C54H40N2/c1-33-29-46(45-32-48-42-18-10-12-20-50(42)56(52(48)30-34(45)2)38-15-7-4-8-16-38)44-25-22-35-21-24-40(43-27-26-39(33)54(44)53(35)43)36-23-28-51-47(31-36)41-17-9-11-19-49(41)55(51)37-13-5-3-6-14-37/h3-28,31-34H,29-30H2,1-2H3. The van der Waals surface area contributed by atoms with E-state index in [1.807, 2.05) is 0 Å². The van der Waals surface area contributed by atoms with Gasteiger partial charge in [0.15, 0.2) is 0 Å². The highest BCUT2D eigenvalue weighted by molar-refractivity contribution is 6.18. The van der Waals surface area contributed by atoms with Gasteiger partial charge >= 0.3 is 0 Å². The molecule has 0 saturated heterocycles. The Morgan fingerprint density at radius 1 is 0.482 bits per heavy atom. The number of nitrogens with zero attached hydrogens (tertiary/aromatic N) is 2. The smallest absolute Gasteiger partial charge is 0.0541 e. The molecule has 2 aliphatic rings. The van der Waals surface area contributed by atoms with Crippen LogP contribution < -0.4 is 5.22 Å². The molecule has 266 valence electrons. The largest absolute Gasteiger partial charge is 0.313 e. The average Bonchev–Trinajstić information content (AvgIpc) is 3.75. The fraction of sp³-hybridized carbons (Fsp3) is 0.111. The van der Waals surface area contributed by atoms with Crippen LogP contribution in [0.1, 0.15) is 43.0 Å². The molecule has 2 aliphatic carbocycles. The molecule has 2 heterocycles. The lowest BCUT2D eigenvalue weighted by atomic mass is 9.74. The van der Waals surface area contributed by atoms with Crippen LogP contribution in [0.5, 0.6) is 0 Å². The van der Waals surface area contributed by atoms with Crippen molar-refractivity contribution in [3.8, 4) is 22.5 Å². The first kappa shape index (κ1) is 31.7. The van der Waals surface area contributed by atoms with Gasteiger partial charge < -0.3 is 9.13 Å². The Morgan fingerprint density at radius 2 is 1.14 bits per heavy atom. The third kappa shape index (κ3) is 4.44. The minimum atomic E-state index is 0.399. The van der Waals surface area contributed by atoms with Crippen LogP contribution in [-0.2, 0) is 6.42 Å². The van der Waals surface area contributed by atoms with E-state index in [1.54, 1.807) is 0 Å². The third-order valence-electron chi connectivity index (χ3n) is 13.0. The lowest BCUT2D eigenvalue weighted by Crippen LogP contribution is -2.23. The van der Waals surface area contributed by atoms with Crippen LogP contribution in [0.3, 0.4) is 0 Å². The lowest BCUT2D eigenvalue weighted by molar-refractivity contribution is 0.657. The molecule has 0 radical (unpaired) electrons. The first-order chi connectivity index (χ1) is 27.6. The van der Waals surface area contributed by atoms with Gasteiger partial charge in [0.25, 0.3) is 0 Å². The predicted octanol–water partition coefficient (Wildman–Crippen LogP) is 13.4. The number of para-hydroxylation sites is 4. The minimum Gasteiger partial charge on any atom is -0.313 e. The second-order valence-corrected chi connectivity index (χ2v) is 16.2. The Morgan fingerprint density at radius 3 is 1.93 bits per heavy atom. The summed E-state index contributed by atoms with van der Waals surface area (Å²) >= 11 is 0. The van der Waals surface area contributed by atoms with E-state index in [9.17, 15) is 0 Å². The fourth-order valence-electron chi connectivity index (χ4n) is 10.5. The quantitative estimate of drug-likeness (QED) is 0.172. The summed E-state index contributed by atoms with van der Waals surface area (Å²) in [5, 5.41) is 10.8. The highest BCUT2D eigenvalue weighted by Gasteiger charge is 2.30. The van der Waals surface area contributed by atoms with Crippen molar-refractivity contribution >= 4 is 65.9 Å². The van der Waals surface area contributed by atoms with Crippen molar-refractivity contribution in [2.24, 2.45) is 5.92 Å². The highest BCUT2D eigenvalue weighted by atomic mass is 15.0. The van der Waals surface area contributed by atoms with Gasteiger partial charge in [-0.2, -0.15) is 0 Å². The molecule has 10 aromatic rings. The van der Waals surface area contributed by atoms with Gasteiger partial charge in [-0.15, -0.1) is 0 Å². The Labute approximate surface area is 326 Å². The fourth-order valence-corrected chi connectivity index (χ4v) is 10.5. The molecule has 0 spiro atoms. The number of fused-ring (bicyclic) bond motifs is 6. The molecule has 2 nitrogen and oxygen atoms in total. The predicted molar refractivity (Wildman–Crippen MR) is 237 cm³/mol. The van der Waals surface area contributed by atoms with E-state index in [0.717, 1.165) is 12.8 Å². The molecule has 0 N–H and O–H groups in total. The molecule has 2 atom stereocenters. The van der Waals surface area contributed by atoms with Crippen molar-refractivity contribution in [3.63, 3.8) is 0 Å². The summed E-state index contributed by atoms with van der Waals surface area (Å²) in [6.07, 6.45) is 4.63. The van der Waals surface area contributed by atoms with Crippen molar-refractivity contribution in [3.05, 3.63) is 191 Å². The van der Waals surface area contributed by atoms with Gasteiger partial charge in [-0.3, -0.25) is 0 Å². The molecule has 0 aliphatic heterocycles. The number of allylic oxidation sites excluding steroid dienone is 1. The number of aromatic nitrogens is 2. The van der Waals surface area contributed by atoms with Gasteiger partial charge in [0.2, 0.25) is 0 Å². The van der Waals surface area contributed by atoms with E-state index in [4.69, 9.17) is 0 Å². The second-order valence-electron chi connectivity index (χ2n) is 16.2. The SMILES string of the molecule is CC1Cc2c(c3ccccc3n2-c2ccccc2)C=C1C1=c2ccc3ccc(-c4ccc5c(c4)c4ccccc4n5-c4ccccc4)c4ccc(c2c34)C(C)C1. The van der Waals surface area contributed by atoms with Gasteiger partial charge in [0.05, 0.1) is 16.6 Å². The second kappa shape index (κ2) is 11.9. The van der Waals surface area contributed by atoms with Crippen molar-refractivity contribution in [1.29, 1.82) is 0 Å². The number of hydrogen-bond acceptors (Lipinski definition) is 0. The molecule has 2 aromatic heterocycles. The van der Waals surface area contributed by atoms with E-state index in [0.29, 0.717) is 11.8 Å². The summed E-state index contributed by atoms with van der Waals surface area (Å²) in [5.41, 5.74) is 16.0. The Bertz CT molecular complexity index is 3320. The molecule has 56 heavy (non-hydrogen) atoms. The van der Waals surface area contributed by atoms with Gasteiger partial charge in [0, 0.05) is 38.8 Å².